The van der Waals surface area contributed by atoms with E-state index in [9.17, 15) is 62.7 Å². The number of nitrogens with one attached hydrogen (secondary N) is 2. The van der Waals surface area contributed by atoms with Crippen LogP contribution in [0, 0.1) is 11.2 Å². The number of anilines is 2. The minimum absolute atomic E-state index is 0.0102. The number of nitrogens with two attached hydrogens (primary N) is 1. The molecule has 2 aliphatic heterocycles. The molecule has 3 aromatic heterocycles. The van der Waals surface area contributed by atoms with Crippen LogP contribution in [0.15, 0.2) is 35.8 Å². The minimum atomic E-state index is -5.62. The Morgan fingerprint density at radius 3 is 2.39 bits per heavy atom. The number of phosphoric acid groups is 3. The number of ether oxygens (including phenoxy) is 1. The number of aliphatic hydroxyl groups excluding tert-OH is 2. The maximum atomic E-state index is 15.3. The zero-order valence-corrected chi connectivity index (χ0v) is 42.0. The van der Waals surface area contributed by atoms with Crippen LogP contribution in [0.3, 0.4) is 0 Å². The lowest BCUT2D eigenvalue weighted by molar-refractivity contribution is -0.137. The van der Waals surface area contributed by atoms with Gasteiger partial charge in [-0.3, -0.25) is 37.3 Å². The third-order valence-electron chi connectivity index (χ3n) is 11.3. The standard InChI is InChI=1S/C38H54FN10O18P3S/c1-5-47-16-22(29(51)21-14-23(39)25(15-24(21)47)48-11-9-46(4)10-12-48)37(55)71-13-8-41-27(50)6-7-42-35(54)32(53)38(2,3)18-64-70(61,62)67-69(59,60)63-17-26-31(66-68(56,57)58)30(52)36(65-26)49-20-45-28-33(40)43-19-44-34(28)49/h14-16,19-20,26,30-32,36,52-53H,5-13,17-18H2,1-4H3,(H,41,50)(H,42,54)(H,59,60)(H,61,62)(H2,40,43,44)(H2,56,57,58). The van der Waals surface area contributed by atoms with E-state index < -0.39 is 101 Å². The fourth-order valence-corrected chi connectivity index (χ4v) is 11.0. The highest BCUT2D eigenvalue weighted by Gasteiger charge is 2.50. The number of nitrogens with zero attached hydrogens (tertiary/aromatic N) is 7. The first kappa shape index (κ1) is 56.0. The molecule has 4 aromatic rings. The third-order valence-corrected chi connectivity index (χ3v) is 15.3. The van der Waals surface area contributed by atoms with Crippen molar-refractivity contribution in [3.63, 3.8) is 0 Å². The van der Waals surface area contributed by atoms with Crippen molar-refractivity contribution in [3.8, 4) is 0 Å². The Bertz CT molecular complexity index is 2830. The van der Waals surface area contributed by atoms with E-state index in [2.05, 4.69) is 39.3 Å². The maximum Gasteiger partial charge on any atom is 0.481 e. The molecule has 0 radical (unpaired) electrons. The molecule has 0 bridgehead atoms. The molecule has 5 heterocycles. The van der Waals surface area contributed by atoms with Crippen LogP contribution < -0.4 is 26.7 Å². The summed E-state index contributed by atoms with van der Waals surface area (Å²) in [6.07, 6.45) is -5.77. The summed E-state index contributed by atoms with van der Waals surface area (Å²) in [5.74, 6) is -2.15. The Morgan fingerprint density at radius 2 is 1.72 bits per heavy atom. The lowest BCUT2D eigenvalue weighted by atomic mass is 9.87. The monoisotopic (exact) mass is 1080 g/mol. The number of pyridine rings is 1. The Hall–Kier alpha value is -4.32. The number of imidazole rings is 1. The molecule has 2 aliphatic rings. The minimum Gasteiger partial charge on any atom is -0.386 e. The van der Waals surface area contributed by atoms with Gasteiger partial charge in [0.25, 0.3) is 0 Å². The highest BCUT2D eigenvalue weighted by atomic mass is 32.2. The average Bonchev–Trinajstić information content (AvgIpc) is 3.86. The van der Waals surface area contributed by atoms with Gasteiger partial charge in [-0.05, 0) is 26.1 Å². The molecule has 6 rings (SSSR count). The van der Waals surface area contributed by atoms with Gasteiger partial charge in [-0.15, -0.1) is 0 Å². The van der Waals surface area contributed by atoms with Gasteiger partial charge in [-0.2, -0.15) is 4.31 Å². The van der Waals surface area contributed by atoms with E-state index >= 15 is 4.39 Å². The van der Waals surface area contributed by atoms with Crippen LogP contribution in [0.25, 0.3) is 22.1 Å². The van der Waals surface area contributed by atoms with Crippen LogP contribution in [0.4, 0.5) is 15.9 Å². The summed E-state index contributed by atoms with van der Waals surface area (Å²) in [6, 6.07) is 2.80. The molecule has 0 saturated carbocycles. The average molecular weight is 1080 g/mol. The van der Waals surface area contributed by atoms with Gasteiger partial charge in [0.2, 0.25) is 22.4 Å². The number of thioether (sulfide) groups is 1. The van der Waals surface area contributed by atoms with Crippen LogP contribution >= 0.6 is 35.2 Å². The number of hydrogen-bond donors (Lipinski definition) is 9. The molecule has 7 unspecified atom stereocenters. The number of carbonyl (C=O) groups is 3. The Balaban J connectivity index is 0.928. The second-order valence-corrected chi connectivity index (χ2v) is 22.3. The number of fused-ring (bicyclic) bond motifs is 2. The van der Waals surface area contributed by atoms with E-state index in [-0.39, 0.29) is 53.2 Å². The highest BCUT2D eigenvalue weighted by Crippen LogP contribution is 2.61. The molecule has 28 nitrogen and oxygen atoms in total. The Morgan fingerprint density at radius 1 is 1.03 bits per heavy atom. The van der Waals surface area contributed by atoms with E-state index in [1.165, 1.54) is 26.1 Å². The molecular weight excluding hydrogens is 1030 g/mol. The van der Waals surface area contributed by atoms with Gasteiger partial charge in [-0.25, -0.2) is 33.0 Å². The lowest BCUT2D eigenvalue weighted by Crippen LogP contribution is -2.46. The summed E-state index contributed by atoms with van der Waals surface area (Å²) < 4.78 is 79.6. The SMILES string of the molecule is CCn1cc(C(=O)SCCNC(=O)CCNC(=O)C(O)C(C)(C)COP(=O)(O)OP(=O)(O)OCC2OC(n3cnc4c(N)ncnc43)C(O)C2OP(=O)(O)O)c(=O)c2cc(F)c(N3CCN(C)CC3)cc21. The highest BCUT2D eigenvalue weighted by molar-refractivity contribution is 8.14. The Labute approximate surface area is 407 Å². The Kier molecular flexibility index (Phi) is 18.0. The van der Waals surface area contributed by atoms with Crippen molar-refractivity contribution in [1.82, 2.24) is 39.6 Å². The smallest absolute Gasteiger partial charge is 0.386 e. The number of benzene rings is 1. The van der Waals surface area contributed by atoms with E-state index in [0.29, 0.717) is 30.8 Å². The van der Waals surface area contributed by atoms with E-state index in [1.807, 2.05) is 18.9 Å². The summed E-state index contributed by atoms with van der Waals surface area (Å²) in [7, 11) is -14.5. The topological polar surface area (TPSA) is 392 Å². The van der Waals surface area contributed by atoms with Crippen molar-refractivity contribution in [3.05, 3.63) is 52.6 Å². The number of piperazine rings is 1. The largest absolute Gasteiger partial charge is 0.481 e. The van der Waals surface area contributed by atoms with Crippen LogP contribution in [-0.2, 0) is 52.4 Å². The van der Waals surface area contributed by atoms with Crippen molar-refractivity contribution < 1.29 is 84.9 Å². The predicted molar refractivity (Wildman–Crippen MR) is 250 cm³/mol. The van der Waals surface area contributed by atoms with Crippen molar-refractivity contribution in [1.29, 1.82) is 0 Å². The first-order valence-electron chi connectivity index (χ1n) is 21.6. The van der Waals surface area contributed by atoms with E-state index in [1.54, 1.807) is 10.6 Å². The third kappa shape index (κ3) is 14.1. The molecule has 7 atom stereocenters. The first-order chi connectivity index (χ1) is 33.2. The zero-order chi connectivity index (χ0) is 52.2. The summed E-state index contributed by atoms with van der Waals surface area (Å²) in [5.41, 5.74) is 4.30. The number of nitrogen functional groups attached to an aromatic ring is 1. The zero-order valence-electron chi connectivity index (χ0n) is 38.5. The van der Waals surface area contributed by atoms with Crippen molar-refractivity contribution in [2.24, 2.45) is 5.41 Å². The number of likely N-dealkylation sites (N-methyl/N-ethyl adjacent to an activating group) is 1. The van der Waals surface area contributed by atoms with Crippen LogP contribution in [0.1, 0.15) is 43.8 Å². The number of halogens is 1. The molecule has 71 heavy (non-hydrogen) atoms. The summed E-state index contributed by atoms with van der Waals surface area (Å²) in [4.78, 5) is 107. The lowest BCUT2D eigenvalue weighted by Gasteiger charge is -2.34. The van der Waals surface area contributed by atoms with Crippen molar-refractivity contribution in [2.45, 2.75) is 64.4 Å². The molecule has 10 N–H and O–H groups in total. The number of rotatable bonds is 22. The first-order valence-corrected chi connectivity index (χ1v) is 27.1. The predicted octanol–water partition coefficient (Wildman–Crippen LogP) is 0.204. The molecule has 2 amide bonds. The normalized spacial score (nSPS) is 21.3. The quantitative estimate of drug-likeness (QED) is 0.0375. The second-order valence-electron chi connectivity index (χ2n) is 17.0. The molecule has 392 valence electrons. The van der Waals surface area contributed by atoms with Crippen LogP contribution in [0.5, 0.6) is 0 Å². The van der Waals surface area contributed by atoms with E-state index in [4.69, 9.17) is 19.5 Å². The molecule has 0 aliphatic carbocycles. The van der Waals surface area contributed by atoms with Crippen molar-refractivity contribution in [2.75, 3.05) is 75.9 Å². The number of hydrogen-bond acceptors (Lipinski definition) is 21. The van der Waals surface area contributed by atoms with Gasteiger partial charge >= 0.3 is 23.5 Å². The number of amides is 2. The summed E-state index contributed by atoms with van der Waals surface area (Å²) in [5, 5.41) is 26.0. The fourth-order valence-electron chi connectivity index (χ4n) is 7.45. The number of aliphatic hydroxyl groups is 2. The molecule has 33 heteroatoms. The molecular formula is C38H54FN10O18P3S. The van der Waals surface area contributed by atoms with Gasteiger partial charge in [-0.1, -0.05) is 25.6 Å². The molecule has 2 fully saturated rings. The molecule has 0 spiro atoms. The van der Waals surface area contributed by atoms with Crippen LogP contribution in [0.2, 0.25) is 0 Å². The molecule has 1 aromatic carbocycles. The number of aromatic nitrogens is 5. The van der Waals surface area contributed by atoms with Gasteiger partial charge in [0, 0.05) is 75.0 Å². The van der Waals surface area contributed by atoms with Crippen molar-refractivity contribution >= 4 is 85.7 Å². The van der Waals surface area contributed by atoms with Gasteiger partial charge in [0.05, 0.1) is 36.3 Å². The van der Waals surface area contributed by atoms with E-state index in [0.717, 1.165) is 42.1 Å². The molecule has 2 saturated heterocycles. The number of phosphoric ester groups is 3. The van der Waals surface area contributed by atoms with Crippen LogP contribution in [-0.4, -0.2) is 165 Å². The number of aryl methyl sites for hydroxylation is 1. The fraction of sp³-hybridized carbons (Fsp3) is 0.553. The van der Waals surface area contributed by atoms with Gasteiger partial charge < -0.3 is 65.3 Å². The number of carbonyl (C=O) groups excluding carboxylic acids is 3. The summed E-state index contributed by atoms with van der Waals surface area (Å²) in [6.45, 7) is 5.04. The van der Waals surface area contributed by atoms with Gasteiger partial charge in [0.1, 0.15) is 42.1 Å². The summed E-state index contributed by atoms with van der Waals surface area (Å²) >= 11 is 0.776. The second kappa shape index (κ2) is 22.8. The maximum absolute atomic E-state index is 15.3. The van der Waals surface area contributed by atoms with Gasteiger partial charge in [0.15, 0.2) is 17.7 Å².